The first-order chi connectivity index (χ1) is 9.60. The standard InChI is InChI=1S/C17H15IN2/c1-20(2)17-8-6-13(7-9-17)10-15(12-19)14-4-3-5-16(18)11-14/h3-11H,1-2H3/b15-10-. The number of rotatable bonds is 3. The smallest absolute Gasteiger partial charge is 0.0998 e. The molecular formula is C17H15IN2. The fourth-order valence-electron chi connectivity index (χ4n) is 1.87. The SMILES string of the molecule is CN(C)c1ccc(/C=C(/C#N)c2cccc(I)c2)cc1. The molecule has 0 bridgehead atoms. The van der Waals surface area contributed by atoms with Crippen molar-refractivity contribution >= 4 is 39.9 Å². The number of anilines is 1. The van der Waals surface area contributed by atoms with Crippen LogP contribution < -0.4 is 4.90 Å². The Balaban J connectivity index is 2.34. The Morgan fingerprint density at radius 3 is 2.40 bits per heavy atom. The van der Waals surface area contributed by atoms with Crippen molar-refractivity contribution in [3.63, 3.8) is 0 Å². The fraction of sp³-hybridized carbons (Fsp3) is 0.118. The van der Waals surface area contributed by atoms with Crippen LogP contribution in [0.15, 0.2) is 48.5 Å². The second kappa shape index (κ2) is 6.58. The summed E-state index contributed by atoms with van der Waals surface area (Å²) in [7, 11) is 4.02. The Morgan fingerprint density at radius 2 is 1.85 bits per heavy atom. The van der Waals surface area contributed by atoms with Crippen LogP contribution in [0, 0.1) is 14.9 Å². The molecule has 0 spiro atoms. The average Bonchev–Trinajstić information content (AvgIpc) is 2.45. The maximum Gasteiger partial charge on any atom is 0.0998 e. The number of halogens is 1. The molecule has 0 saturated carbocycles. The van der Waals surface area contributed by atoms with Crippen molar-refractivity contribution in [2.75, 3.05) is 19.0 Å². The molecule has 0 unspecified atom stereocenters. The molecule has 0 aliphatic heterocycles. The molecular weight excluding hydrogens is 359 g/mol. The minimum Gasteiger partial charge on any atom is -0.378 e. The van der Waals surface area contributed by atoms with Crippen LogP contribution in [-0.2, 0) is 0 Å². The Hall–Kier alpha value is -1.80. The fourth-order valence-corrected chi connectivity index (χ4v) is 2.41. The van der Waals surface area contributed by atoms with Crippen LogP contribution in [0.4, 0.5) is 5.69 Å². The second-order valence-corrected chi connectivity index (χ2v) is 5.91. The number of allylic oxidation sites excluding steroid dienone is 1. The van der Waals surface area contributed by atoms with Crippen LogP contribution in [-0.4, -0.2) is 14.1 Å². The van der Waals surface area contributed by atoms with Crippen molar-refractivity contribution < 1.29 is 0 Å². The molecule has 0 atom stereocenters. The van der Waals surface area contributed by atoms with E-state index in [0.29, 0.717) is 5.57 Å². The molecule has 0 aliphatic carbocycles. The maximum absolute atomic E-state index is 9.35. The third-order valence-corrected chi connectivity index (χ3v) is 3.65. The molecule has 0 heterocycles. The van der Waals surface area contributed by atoms with Crippen LogP contribution in [0.2, 0.25) is 0 Å². The molecule has 100 valence electrons. The summed E-state index contributed by atoms with van der Waals surface area (Å²) in [6, 6.07) is 18.4. The van der Waals surface area contributed by atoms with Crippen LogP contribution >= 0.6 is 22.6 Å². The average molecular weight is 374 g/mol. The van der Waals surface area contributed by atoms with Gasteiger partial charge in [-0.25, -0.2) is 0 Å². The zero-order chi connectivity index (χ0) is 14.5. The van der Waals surface area contributed by atoms with Gasteiger partial charge in [0, 0.05) is 23.4 Å². The van der Waals surface area contributed by atoms with Gasteiger partial charge in [-0.05, 0) is 64.1 Å². The predicted octanol–water partition coefficient (Wildman–Crippen LogP) is 4.42. The summed E-state index contributed by atoms with van der Waals surface area (Å²) in [6.45, 7) is 0. The summed E-state index contributed by atoms with van der Waals surface area (Å²) in [5, 5.41) is 9.35. The number of hydrogen-bond donors (Lipinski definition) is 0. The van der Waals surface area contributed by atoms with Crippen LogP contribution in [0.5, 0.6) is 0 Å². The number of nitriles is 1. The maximum atomic E-state index is 9.35. The topological polar surface area (TPSA) is 27.0 Å². The minimum absolute atomic E-state index is 0.682. The molecule has 0 aliphatic rings. The zero-order valence-electron chi connectivity index (χ0n) is 11.5. The first kappa shape index (κ1) is 14.6. The van der Waals surface area contributed by atoms with Gasteiger partial charge in [0.25, 0.3) is 0 Å². The summed E-state index contributed by atoms with van der Waals surface area (Å²) in [5.74, 6) is 0. The van der Waals surface area contributed by atoms with E-state index in [-0.39, 0.29) is 0 Å². The summed E-state index contributed by atoms with van der Waals surface area (Å²) in [4.78, 5) is 2.05. The third kappa shape index (κ3) is 3.61. The molecule has 2 nitrogen and oxygen atoms in total. The molecule has 0 saturated heterocycles. The Bertz CT molecular complexity index is 664. The predicted molar refractivity (Wildman–Crippen MR) is 93.4 cm³/mol. The van der Waals surface area contributed by atoms with E-state index in [0.717, 1.165) is 20.4 Å². The molecule has 0 N–H and O–H groups in total. The normalized spacial score (nSPS) is 11.0. The minimum atomic E-state index is 0.682. The first-order valence-electron chi connectivity index (χ1n) is 6.25. The largest absolute Gasteiger partial charge is 0.378 e. The highest BCUT2D eigenvalue weighted by Crippen LogP contribution is 2.21. The quantitative estimate of drug-likeness (QED) is 0.452. The van der Waals surface area contributed by atoms with Gasteiger partial charge in [0.05, 0.1) is 11.6 Å². The van der Waals surface area contributed by atoms with Gasteiger partial charge < -0.3 is 4.90 Å². The van der Waals surface area contributed by atoms with E-state index in [2.05, 4.69) is 45.7 Å². The van der Waals surface area contributed by atoms with E-state index in [1.165, 1.54) is 0 Å². The zero-order valence-corrected chi connectivity index (χ0v) is 13.6. The van der Waals surface area contributed by atoms with Gasteiger partial charge in [-0.3, -0.25) is 0 Å². The molecule has 2 rings (SSSR count). The van der Waals surface area contributed by atoms with Gasteiger partial charge in [-0.15, -0.1) is 0 Å². The molecule has 3 heteroatoms. The molecule has 2 aromatic rings. The molecule has 0 fully saturated rings. The highest BCUT2D eigenvalue weighted by Gasteiger charge is 2.02. The Morgan fingerprint density at radius 1 is 1.15 bits per heavy atom. The second-order valence-electron chi connectivity index (χ2n) is 4.67. The highest BCUT2D eigenvalue weighted by atomic mass is 127. The van der Waals surface area contributed by atoms with Gasteiger partial charge in [0.1, 0.15) is 0 Å². The summed E-state index contributed by atoms with van der Waals surface area (Å²) in [5.41, 5.74) is 3.82. The molecule has 0 amide bonds. The van der Waals surface area contributed by atoms with E-state index in [9.17, 15) is 5.26 Å². The summed E-state index contributed by atoms with van der Waals surface area (Å²) < 4.78 is 1.13. The lowest BCUT2D eigenvalue weighted by Gasteiger charge is -2.12. The van der Waals surface area contributed by atoms with Crippen molar-refractivity contribution in [1.29, 1.82) is 5.26 Å². The van der Waals surface area contributed by atoms with Crippen molar-refractivity contribution in [2.45, 2.75) is 0 Å². The van der Waals surface area contributed by atoms with Gasteiger partial charge in [0.2, 0.25) is 0 Å². The van der Waals surface area contributed by atoms with Crippen molar-refractivity contribution in [2.24, 2.45) is 0 Å². The van der Waals surface area contributed by atoms with E-state index in [1.807, 2.05) is 56.6 Å². The summed E-state index contributed by atoms with van der Waals surface area (Å²) >= 11 is 2.26. The van der Waals surface area contributed by atoms with Crippen LogP contribution in [0.1, 0.15) is 11.1 Å². The van der Waals surface area contributed by atoms with E-state index in [1.54, 1.807) is 0 Å². The third-order valence-electron chi connectivity index (χ3n) is 2.98. The Kier molecular flexibility index (Phi) is 4.80. The van der Waals surface area contributed by atoms with Gasteiger partial charge in [0.15, 0.2) is 0 Å². The lowest BCUT2D eigenvalue weighted by molar-refractivity contribution is 1.13. The van der Waals surface area contributed by atoms with Crippen LogP contribution in [0.3, 0.4) is 0 Å². The van der Waals surface area contributed by atoms with Crippen LogP contribution in [0.25, 0.3) is 11.6 Å². The monoisotopic (exact) mass is 374 g/mol. The molecule has 0 radical (unpaired) electrons. The molecule has 20 heavy (non-hydrogen) atoms. The van der Waals surface area contributed by atoms with Gasteiger partial charge in [-0.1, -0.05) is 24.3 Å². The lowest BCUT2D eigenvalue weighted by atomic mass is 10.0. The molecule has 0 aromatic heterocycles. The van der Waals surface area contributed by atoms with Gasteiger partial charge in [-0.2, -0.15) is 5.26 Å². The Labute approximate surface area is 133 Å². The lowest BCUT2D eigenvalue weighted by Crippen LogP contribution is -2.07. The van der Waals surface area contributed by atoms with Crippen molar-refractivity contribution in [3.8, 4) is 6.07 Å². The summed E-state index contributed by atoms with van der Waals surface area (Å²) in [6.07, 6.45) is 1.92. The highest BCUT2D eigenvalue weighted by molar-refractivity contribution is 14.1. The van der Waals surface area contributed by atoms with Gasteiger partial charge >= 0.3 is 0 Å². The van der Waals surface area contributed by atoms with E-state index >= 15 is 0 Å². The van der Waals surface area contributed by atoms with E-state index < -0.39 is 0 Å². The van der Waals surface area contributed by atoms with E-state index in [4.69, 9.17) is 0 Å². The number of nitrogens with zero attached hydrogens (tertiary/aromatic N) is 2. The van der Waals surface area contributed by atoms with Crippen molar-refractivity contribution in [3.05, 3.63) is 63.2 Å². The molecule has 2 aromatic carbocycles. The van der Waals surface area contributed by atoms with Crippen molar-refractivity contribution in [1.82, 2.24) is 0 Å². The number of benzene rings is 2. The first-order valence-corrected chi connectivity index (χ1v) is 7.33. The number of hydrogen-bond acceptors (Lipinski definition) is 2.